The monoisotopic (exact) mass is 642 g/mol. The lowest BCUT2D eigenvalue weighted by Gasteiger charge is -2.14. The first-order valence-corrected chi connectivity index (χ1v) is 16.5. The van der Waals surface area contributed by atoms with E-state index in [0.29, 0.717) is 27.7 Å². The van der Waals surface area contributed by atoms with Crippen molar-refractivity contribution in [1.82, 2.24) is 0 Å². The molecular weight excluding hydrogens is 621 g/mol. The van der Waals surface area contributed by atoms with Gasteiger partial charge in [0.25, 0.3) is 30.4 Å². The van der Waals surface area contributed by atoms with E-state index < -0.39 is 30.4 Å². The Hall–Kier alpha value is -4.45. The Morgan fingerprint density at radius 3 is 1.81 bits per heavy atom. The smallest absolute Gasteiger partial charge is 0.295 e. The molecule has 0 heterocycles. The van der Waals surface area contributed by atoms with Gasteiger partial charge in [0, 0.05) is 21.5 Å². The van der Waals surface area contributed by atoms with Crippen LogP contribution in [0.4, 0.5) is 22.7 Å². The molecule has 16 heteroatoms. The largest absolute Gasteiger partial charge is 0.301 e. The number of aryl methyl sites for hydroxylation is 1. The van der Waals surface area contributed by atoms with Crippen molar-refractivity contribution < 1.29 is 38.9 Å². The molecule has 5 N–H and O–H groups in total. The summed E-state index contributed by atoms with van der Waals surface area (Å²) in [6.07, 6.45) is 0. The molecule has 0 aromatic heterocycles. The van der Waals surface area contributed by atoms with Crippen molar-refractivity contribution in [3.8, 4) is 0 Å². The Labute approximate surface area is 246 Å². The molecule has 0 bridgehead atoms. The van der Waals surface area contributed by atoms with E-state index in [2.05, 4.69) is 21.1 Å². The minimum absolute atomic E-state index is 0.211. The third-order valence-electron chi connectivity index (χ3n) is 6.49. The number of hydrazine groups is 1. The fraction of sp³-hybridized carbons (Fsp3) is 0.0370. The van der Waals surface area contributed by atoms with Gasteiger partial charge in [-0.3, -0.25) is 13.7 Å². The van der Waals surface area contributed by atoms with Gasteiger partial charge in [0.1, 0.15) is 4.90 Å². The van der Waals surface area contributed by atoms with E-state index in [1.165, 1.54) is 60.7 Å². The predicted octanol–water partition coefficient (Wildman–Crippen LogP) is 5.90. The summed E-state index contributed by atoms with van der Waals surface area (Å²) in [4.78, 5) is -0.953. The van der Waals surface area contributed by atoms with Crippen LogP contribution in [0.2, 0.25) is 0 Å². The van der Waals surface area contributed by atoms with Gasteiger partial charge in [0.05, 0.1) is 32.5 Å². The van der Waals surface area contributed by atoms with Gasteiger partial charge in [-0.2, -0.15) is 25.3 Å². The van der Waals surface area contributed by atoms with Gasteiger partial charge in [-0.25, -0.2) is 0 Å². The second-order valence-electron chi connectivity index (χ2n) is 9.32. The molecule has 0 fully saturated rings. The van der Waals surface area contributed by atoms with Crippen LogP contribution in [0.15, 0.2) is 110 Å². The van der Waals surface area contributed by atoms with Crippen LogP contribution in [-0.4, -0.2) is 38.9 Å². The average molecular weight is 643 g/mol. The SMILES string of the molecule is Cc1ccc(N=Nc2ccc(NNc3ccc(S(=O)(=O)O)cc3)c3ccc(S(=O)(=O)O)cc23)c2cccc(S(=O)(=O)O)c12. The average Bonchev–Trinajstić information content (AvgIpc) is 2.94. The molecule has 0 aliphatic heterocycles. The molecule has 0 aliphatic rings. The Bertz CT molecular complexity index is 2270. The van der Waals surface area contributed by atoms with E-state index in [4.69, 9.17) is 4.55 Å². The Kier molecular flexibility index (Phi) is 7.68. The number of nitrogens with zero attached hydrogens (tertiary/aromatic N) is 2. The van der Waals surface area contributed by atoms with Crippen LogP contribution < -0.4 is 10.9 Å². The maximum Gasteiger partial charge on any atom is 0.295 e. The predicted molar refractivity (Wildman–Crippen MR) is 160 cm³/mol. The molecule has 0 unspecified atom stereocenters. The maximum atomic E-state index is 12.0. The molecule has 0 saturated heterocycles. The molecule has 0 amide bonds. The summed E-state index contributed by atoms with van der Waals surface area (Å²) in [6, 6.07) is 19.9. The molecule has 222 valence electrons. The number of fused-ring (bicyclic) bond motifs is 2. The standard InChI is InChI=1S/C27H22N4O9S3/c1-16-5-12-24(21-3-2-4-26(27(16)21)43(38,39)40)30-31-25-14-13-23(20-11-10-19(15-22(20)25)42(35,36)37)29-28-17-6-8-18(9-7-17)41(32,33)34/h2-15,28-29H,1H3,(H,32,33,34)(H,35,36,37)(H,38,39,40). The zero-order valence-corrected chi connectivity index (χ0v) is 24.4. The number of hydrogen-bond donors (Lipinski definition) is 5. The van der Waals surface area contributed by atoms with Crippen LogP contribution in [0.5, 0.6) is 0 Å². The van der Waals surface area contributed by atoms with Crippen molar-refractivity contribution >= 4 is 74.6 Å². The van der Waals surface area contributed by atoms with E-state index in [1.807, 2.05) is 0 Å². The summed E-state index contributed by atoms with van der Waals surface area (Å²) in [5, 5.41) is 10.0. The number of hydrogen-bond acceptors (Lipinski definition) is 10. The summed E-state index contributed by atoms with van der Waals surface area (Å²) < 4.78 is 98.8. The molecule has 43 heavy (non-hydrogen) atoms. The number of rotatable bonds is 8. The fourth-order valence-corrected chi connectivity index (χ4v) is 6.22. The van der Waals surface area contributed by atoms with Gasteiger partial charge in [-0.15, -0.1) is 10.2 Å². The van der Waals surface area contributed by atoms with Crippen molar-refractivity contribution in [2.45, 2.75) is 21.6 Å². The molecule has 0 radical (unpaired) electrons. The molecule has 13 nitrogen and oxygen atoms in total. The summed E-state index contributed by atoms with van der Waals surface area (Å²) in [5.41, 5.74) is 7.79. The highest BCUT2D eigenvalue weighted by Crippen LogP contribution is 2.37. The normalized spacial score (nSPS) is 12.7. The van der Waals surface area contributed by atoms with Gasteiger partial charge in [-0.1, -0.05) is 24.3 Å². The zero-order chi connectivity index (χ0) is 31.2. The lowest BCUT2D eigenvalue weighted by atomic mass is 10.0. The van der Waals surface area contributed by atoms with Crippen molar-refractivity contribution in [2.75, 3.05) is 10.9 Å². The van der Waals surface area contributed by atoms with E-state index in [1.54, 1.807) is 31.2 Å². The Morgan fingerprint density at radius 1 is 0.581 bits per heavy atom. The third-order valence-corrected chi connectivity index (χ3v) is 9.10. The lowest BCUT2D eigenvalue weighted by molar-refractivity contribution is 0.481. The highest BCUT2D eigenvalue weighted by atomic mass is 32.2. The molecule has 5 rings (SSSR count). The van der Waals surface area contributed by atoms with Crippen LogP contribution in [-0.2, 0) is 30.4 Å². The van der Waals surface area contributed by atoms with Gasteiger partial charge in [-0.05, 0) is 73.2 Å². The van der Waals surface area contributed by atoms with Crippen LogP contribution >= 0.6 is 0 Å². The number of benzene rings is 5. The number of nitrogens with one attached hydrogen (secondary N) is 2. The molecule has 0 spiro atoms. The fourth-order valence-electron chi connectivity index (χ4n) is 4.46. The first-order valence-electron chi connectivity index (χ1n) is 12.2. The van der Waals surface area contributed by atoms with Crippen molar-refractivity contribution in [3.05, 3.63) is 90.5 Å². The minimum Gasteiger partial charge on any atom is -0.301 e. The number of anilines is 2. The van der Waals surface area contributed by atoms with Crippen LogP contribution in [0.3, 0.4) is 0 Å². The quantitative estimate of drug-likeness (QED) is 0.0764. The highest BCUT2D eigenvalue weighted by molar-refractivity contribution is 7.86. The molecule has 0 atom stereocenters. The third kappa shape index (κ3) is 6.34. The van der Waals surface area contributed by atoms with Crippen LogP contribution in [0.25, 0.3) is 21.5 Å². The van der Waals surface area contributed by atoms with Gasteiger partial charge >= 0.3 is 0 Å². The van der Waals surface area contributed by atoms with Gasteiger partial charge < -0.3 is 10.9 Å². The minimum atomic E-state index is -4.57. The van der Waals surface area contributed by atoms with Crippen LogP contribution in [0.1, 0.15) is 5.56 Å². The lowest BCUT2D eigenvalue weighted by Crippen LogP contribution is -2.09. The van der Waals surface area contributed by atoms with Crippen molar-refractivity contribution in [3.63, 3.8) is 0 Å². The molecule has 5 aromatic rings. The van der Waals surface area contributed by atoms with Crippen molar-refractivity contribution in [2.24, 2.45) is 10.2 Å². The van der Waals surface area contributed by atoms with Gasteiger partial charge in [0.15, 0.2) is 0 Å². The second-order valence-corrected chi connectivity index (χ2v) is 13.6. The zero-order valence-electron chi connectivity index (χ0n) is 22.0. The van der Waals surface area contributed by atoms with E-state index in [-0.39, 0.29) is 36.8 Å². The summed E-state index contributed by atoms with van der Waals surface area (Å²) in [7, 11) is -13.5. The second kappa shape index (κ2) is 11.0. The van der Waals surface area contributed by atoms with Crippen molar-refractivity contribution in [1.29, 1.82) is 0 Å². The molecule has 5 aromatic carbocycles. The topological polar surface area (TPSA) is 212 Å². The summed E-state index contributed by atoms with van der Waals surface area (Å²) in [6.45, 7) is 1.69. The first-order chi connectivity index (χ1) is 20.1. The molecular formula is C27H22N4O9S3. The summed E-state index contributed by atoms with van der Waals surface area (Å²) >= 11 is 0. The Morgan fingerprint density at radius 2 is 1.19 bits per heavy atom. The first kappa shape index (κ1) is 30.0. The van der Waals surface area contributed by atoms with E-state index in [9.17, 15) is 34.4 Å². The van der Waals surface area contributed by atoms with Gasteiger partial charge in [0.2, 0.25) is 0 Å². The number of azo groups is 1. The van der Waals surface area contributed by atoms with E-state index >= 15 is 0 Å². The maximum absolute atomic E-state index is 12.0. The Balaban J connectivity index is 1.57. The molecule has 0 aliphatic carbocycles. The van der Waals surface area contributed by atoms with Crippen LogP contribution in [0, 0.1) is 6.92 Å². The van der Waals surface area contributed by atoms with E-state index in [0.717, 1.165) is 0 Å². The molecule has 0 saturated carbocycles. The summed E-state index contributed by atoms with van der Waals surface area (Å²) in [5.74, 6) is 0. The highest BCUT2D eigenvalue weighted by Gasteiger charge is 2.18.